The minimum Gasteiger partial charge on any atom is -0.395 e. The number of benzene rings is 4. The van der Waals surface area contributed by atoms with Crippen molar-refractivity contribution in [3.8, 4) is 0 Å². The Bertz CT molecular complexity index is 4910. The van der Waals surface area contributed by atoms with Crippen LogP contribution in [0, 0.1) is 0 Å². The summed E-state index contributed by atoms with van der Waals surface area (Å²) in [7, 11) is -31.0. The molecule has 8 aromatic rings. The van der Waals surface area contributed by atoms with E-state index in [4.69, 9.17) is 10.8 Å². The number of thiophene rings is 4. The minimum absolute atomic E-state index is 0. The van der Waals surface area contributed by atoms with Gasteiger partial charge >= 0.3 is 0 Å². The van der Waals surface area contributed by atoms with Gasteiger partial charge in [0.2, 0.25) is 48.4 Å². The highest BCUT2D eigenvalue weighted by Crippen LogP contribution is 2.33. The van der Waals surface area contributed by atoms with E-state index < -0.39 is 117 Å². The fraction of sp³-hybridized carbons (Fsp3) is 0.420. The second kappa shape index (κ2) is 48.1. The molecule has 0 amide bonds. The molecule has 4 heterocycles. The SMILES string of the molecule is C.C.CC.CCCS(=O)(=O)c1ccc(S(=O)(=O)c2ccc(CC)s2)cc1.CCCS(=O)(=O)c1ccc(S(=O)(=O)c2ccc(CN)s2)cc1.CCN(CC)CC.CCc1ccc(S(=O)(=O)c2ccc(S(=O)(=O)CCO)cc2)s1.CCc1ccc(S(=O)(=O)c2ccc(S(=O)(=O)CCOS(C)(=O)=O)cc2)s1.CS(=O)(=O)Cl.Cl. The summed E-state index contributed by atoms with van der Waals surface area (Å²) in [5, 5.41) is 8.75. The smallest absolute Gasteiger partial charge is 0.264 e. The summed E-state index contributed by atoms with van der Waals surface area (Å²) in [5.41, 5.74) is 5.49. The van der Waals surface area contributed by atoms with Gasteiger partial charge in [0.25, 0.3) is 10.1 Å². The number of aliphatic hydroxyl groups excluding tert-OH is 1. The van der Waals surface area contributed by atoms with Crippen molar-refractivity contribution in [2.24, 2.45) is 5.73 Å². The first kappa shape index (κ1) is 107. The number of halogens is 2. The molecule has 0 fully saturated rings. The van der Waals surface area contributed by atoms with E-state index in [0.29, 0.717) is 12.8 Å². The van der Waals surface area contributed by atoms with Gasteiger partial charge < -0.3 is 15.7 Å². The van der Waals surface area contributed by atoms with Crippen LogP contribution < -0.4 is 5.73 Å². The molecule has 0 bridgehead atoms. The van der Waals surface area contributed by atoms with Crippen LogP contribution in [-0.4, -0.2) is 163 Å². The van der Waals surface area contributed by atoms with Crippen LogP contribution in [0.15, 0.2) is 202 Å². The molecule has 24 nitrogen and oxygen atoms in total. The van der Waals surface area contributed by atoms with Crippen molar-refractivity contribution in [3.05, 3.63) is 165 Å². The fourth-order valence-corrected chi connectivity index (χ4v) is 24.5. The lowest BCUT2D eigenvalue weighted by Crippen LogP contribution is -2.21. The topological polar surface area (TPSA) is 400 Å². The highest BCUT2D eigenvalue weighted by molar-refractivity contribution is 8.13. The summed E-state index contributed by atoms with van der Waals surface area (Å²) in [4.78, 5) is 6.51. The van der Waals surface area contributed by atoms with Crippen LogP contribution in [-0.2, 0) is 128 Å². The highest BCUT2D eigenvalue weighted by Gasteiger charge is 2.26. The maximum atomic E-state index is 12.6. The fourth-order valence-electron chi connectivity index (χ4n) is 8.55. The number of hydrogen-bond donors (Lipinski definition) is 2. The number of hydrogen-bond acceptors (Lipinski definition) is 28. The molecule has 4 aromatic heterocycles. The summed E-state index contributed by atoms with van der Waals surface area (Å²) in [6.45, 7) is 22.8. The van der Waals surface area contributed by atoms with Crippen molar-refractivity contribution in [1.82, 2.24) is 4.90 Å². The number of nitrogens with zero attached hydrogens (tertiary/aromatic N) is 1. The molecule has 0 saturated carbocycles. The second-order valence-corrected chi connectivity index (χ2v) is 48.4. The van der Waals surface area contributed by atoms with Gasteiger partial charge in [-0.05, 0) is 197 Å². The Labute approximate surface area is 675 Å². The molecule has 109 heavy (non-hydrogen) atoms. The average Bonchev–Trinajstić information content (AvgIpc) is 1.80. The third-order valence-electron chi connectivity index (χ3n) is 14.1. The van der Waals surface area contributed by atoms with Gasteiger partial charge in [-0.1, -0.05) is 84.1 Å². The van der Waals surface area contributed by atoms with Crippen LogP contribution in [0.5, 0.6) is 0 Å². The van der Waals surface area contributed by atoms with Crippen LogP contribution in [0.3, 0.4) is 0 Å². The normalized spacial score (nSPS) is 11.9. The maximum absolute atomic E-state index is 12.6. The van der Waals surface area contributed by atoms with Gasteiger partial charge in [0, 0.05) is 36.7 Å². The monoisotopic (exact) mass is 1830 g/mol. The summed E-state index contributed by atoms with van der Waals surface area (Å²) in [6.07, 6.45) is 5.07. The van der Waals surface area contributed by atoms with Gasteiger partial charge in [-0.3, -0.25) is 4.18 Å². The van der Waals surface area contributed by atoms with Crippen LogP contribution in [0.1, 0.15) is 116 Å². The first-order valence-corrected chi connectivity index (χ1v) is 53.0. The Hall–Kier alpha value is -4.40. The van der Waals surface area contributed by atoms with E-state index in [9.17, 15) is 84.2 Å². The Morgan fingerprint density at radius 1 is 0.358 bits per heavy atom. The molecule has 40 heteroatoms. The van der Waals surface area contributed by atoms with Crippen molar-refractivity contribution in [3.63, 3.8) is 0 Å². The predicted molar refractivity (Wildman–Crippen MR) is 444 cm³/mol. The molecule has 0 aliphatic rings. The zero-order valence-electron chi connectivity index (χ0n) is 61.0. The van der Waals surface area contributed by atoms with E-state index in [1.165, 1.54) is 163 Å². The molecule has 0 saturated heterocycles. The van der Waals surface area contributed by atoms with Crippen LogP contribution in [0.25, 0.3) is 0 Å². The van der Waals surface area contributed by atoms with Crippen molar-refractivity contribution in [1.29, 1.82) is 0 Å². The quantitative estimate of drug-likeness (QED) is 0.0325. The number of sulfone groups is 8. The molecular formula is C69H102Cl2N2O22S14. The molecule has 618 valence electrons. The molecule has 8 rings (SSSR count). The van der Waals surface area contributed by atoms with Crippen LogP contribution >= 0.6 is 68.4 Å². The summed E-state index contributed by atoms with van der Waals surface area (Å²) in [6, 6.07) is 33.9. The van der Waals surface area contributed by atoms with Gasteiger partial charge in [0.05, 0.1) is 87.9 Å². The summed E-state index contributed by atoms with van der Waals surface area (Å²) >= 11 is 4.76. The molecule has 0 aliphatic carbocycles. The Kier molecular flexibility index (Phi) is 47.0. The number of aryl methyl sites for hydroxylation is 3. The zero-order chi connectivity index (χ0) is 80.9. The molecule has 0 spiro atoms. The second-order valence-electron chi connectivity index (χ2n) is 21.9. The average molecular weight is 1830 g/mol. The van der Waals surface area contributed by atoms with Gasteiger partial charge in [-0.2, -0.15) is 8.42 Å². The molecule has 0 aliphatic heterocycles. The molecule has 3 N–H and O–H groups in total. The lowest BCUT2D eigenvalue weighted by Gasteiger charge is -2.13. The van der Waals surface area contributed by atoms with Gasteiger partial charge in [-0.25, -0.2) is 75.8 Å². The first-order valence-electron chi connectivity index (χ1n) is 32.7. The largest absolute Gasteiger partial charge is 0.395 e. The first-order chi connectivity index (χ1) is 49.2. The molecule has 0 atom stereocenters. The maximum Gasteiger partial charge on any atom is 0.264 e. The van der Waals surface area contributed by atoms with E-state index in [-0.39, 0.29) is 107 Å². The number of nitrogens with two attached hydrogens (primary N) is 1. The lowest BCUT2D eigenvalue weighted by atomic mass is 10.4. The number of aliphatic hydroxyl groups is 1. The van der Waals surface area contributed by atoms with E-state index in [0.717, 1.165) is 62.6 Å². The highest BCUT2D eigenvalue weighted by atomic mass is 35.7. The van der Waals surface area contributed by atoms with Crippen molar-refractivity contribution in [2.75, 3.05) is 68.4 Å². The van der Waals surface area contributed by atoms with E-state index >= 15 is 0 Å². The Morgan fingerprint density at radius 3 is 0.743 bits per heavy atom. The van der Waals surface area contributed by atoms with Gasteiger partial charge in [-0.15, -0.1) is 57.8 Å². The standard InChI is InChI=1S/C15H18O7S4.C15H18O4S3.C14H17NO4S3.C14H16O5S3.C6H15N.C2H6.CH3ClO2S.2CH4.ClH/c1-3-12-4-9-15(23-12)26(20,21)14-7-5-13(6-8-14)25(18,19)11-10-22-24(2,16)17;1-3-11-21(16,17)13-6-8-14(9-7-13)22(18,19)15-10-5-12(4-2)20-15;1-2-9-21(16,17)12-4-6-13(7-5-12)22(18,19)14-8-3-11(10-15)20-14;1-2-11-3-8-14(20-11)22(18,19)13-6-4-12(5-7-13)21(16,17)10-9-15;1-4-7(5-2)6-3;1-2;1-5(2,3)4;;;/h4-9H,3,10-11H2,1-2H3;5-10H,3-4,11H2,1-2H3;3-8H,2,9-10,15H2,1H3;3-8,15H,2,9-10H2,1H3;4-6H2,1-3H3;1-2H3;1H3;2*1H4;1H. The van der Waals surface area contributed by atoms with E-state index in [1.54, 1.807) is 50.2 Å². The summed E-state index contributed by atoms with van der Waals surface area (Å²) < 4.78 is 242. The van der Waals surface area contributed by atoms with Gasteiger partial charge in [0.1, 0.15) is 16.8 Å². The molecular weight excluding hydrogens is 1730 g/mol. The van der Waals surface area contributed by atoms with E-state index in [1.807, 2.05) is 34.6 Å². The third kappa shape index (κ3) is 33.9. The van der Waals surface area contributed by atoms with Crippen molar-refractivity contribution < 1.29 is 93.5 Å². The molecule has 0 radical (unpaired) electrons. The predicted octanol–water partition coefficient (Wildman–Crippen LogP) is 13.6. The van der Waals surface area contributed by atoms with Crippen molar-refractivity contribution >= 4 is 166 Å². The minimum atomic E-state index is -3.79. The molecule has 0 unspecified atom stereocenters. The number of rotatable bonds is 29. The third-order valence-corrected chi connectivity index (χ3v) is 35.8. The van der Waals surface area contributed by atoms with Crippen LogP contribution in [0.2, 0.25) is 0 Å². The van der Waals surface area contributed by atoms with Crippen molar-refractivity contribution in [2.45, 2.75) is 179 Å². The molecule has 4 aromatic carbocycles. The van der Waals surface area contributed by atoms with Crippen LogP contribution in [0.4, 0.5) is 0 Å². The van der Waals surface area contributed by atoms with Gasteiger partial charge in [0.15, 0.2) is 39.3 Å². The summed E-state index contributed by atoms with van der Waals surface area (Å²) in [5.74, 6) is -0.811. The Balaban J connectivity index is 0. The zero-order valence-corrected chi connectivity index (χ0v) is 74.0. The van der Waals surface area contributed by atoms with E-state index in [2.05, 4.69) is 40.5 Å². The Morgan fingerprint density at radius 2 is 0.569 bits per heavy atom. The lowest BCUT2D eigenvalue weighted by molar-refractivity contribution is 0.319.